The third-order valence-corrected chi connectivity index (χ3v) is 4.21. The molecule has 19 heavy (non-hydrogen) atoms. The van der Waals surface area contributed by atoms with Crippen LogP contribution in [-0.2, 0) is 4.79 Å². The van der Waals surface area contributed by atoms with Gasteiger partial charge in [0.15, 0.2) is 0 Å². The van der Waals surface area contributed by atoms with Gasteiger partial charge in [0.05, 0.1) is 11.6 Å². The maximum atomic E-state index is 11.6. The van der Waals surface area contributed by atoms with Gasteiger partial charge in [0.2, 0.25) is 0 Å². The highest BCUT2D eigenvalue weighted by Crippen LogP contribution is 2.28. The maximum absolute atomic E-state index is 11.6. The number of amides is 2. The number of hydrogen-bond acceptors (Lipinski definition) is 3. The number of hydrogen-bond donors (Lipinski definition) is 3. The molecule has 1 aliphatic rings. The Bertz CT molecular complexity index is 425. The first-order valence-electron chi connectivity index (χ1n) is 6.45. The molecule has 1 aromatic heterocycles. The number of rotatable bonds is 4. The van der Waals surface area contributed by atoms with Crippen LogP contribution in [0.5, 0.6) is 0 Å². The smallest absolute Gasteiger partial charge is 0.319 e. The van der Waals surface area contributed by atoms with E-state index in [1.807, 2.05) is 16.8 Å². The van der Waals surface area contributed by atoms with E-state index in [0.717, 1.165) is 18.5 Å². The first-order valence-corrected chi connectivity index (χ1v) is 7.39. The number of carbonyl (C=O) groups excluding carboxylic acids is 1. The Morgan fingerprint density at radius 2 is 2.05 bits per heavy atom. The highest BCUT2D eigenvalue weighted by Gasteiger charge is 2.25. The van der Waals surface area contributed by atoms with Gasteiger partial charge in [-0.3, -0.25) is 4.79 Å². The van der Waals surface area contributed by atoms with Crippen molar-refractivity contribution in [2.75, 3.05) is 11.9 Å². The molecule has 1 aromatic rings. The third-order valence-electron chi connectivity index (χ3n) is 3.53. The van der Waals surface area contributed by atoms with E-state index in [4.69, 9.17) is 5.11 Å². The van der Waals surface area contributed by atoms with Crippen molar-refractivity contribution in [2.45, 2.75) is 25.7 Å². The Morgan fingerprint density at radius 1 is 1.32 bits per heavy atom. The van der Waals surface area contributed by atoms with Gasteiger partial charge in [-0.05, 0) is 43.0 Å². The molecule has 0 radical (unpaired) electrons. The minimum absolute atomic E-state index is 0.196. The summed E-state index contributed by atoms with van der Waals surface area (Å²) in [5.41, 5.74) is 0.803. The zero-order valence-electron chi connectivity index (χ0n) is 10.6. The second-order valence-electron chi connectivity index (χ2n) is 4.90. The number of nitrogens with one attached hydrogen (secondary N) is 2. The van der Waals surface area contributed by atoms with Gasteiger partial charge < -0.3 is 15.7 Å². The molecule has 0 aromatic carbocycles. The fraction of sp³-hybridized carbons (Fsp3) is 0.538. The number of aliphatic carboxylic acids is 1. The molecule has 0 atom stereocenters. The van der Waals surface area contributed by atoms with Gasteiger partial charge in [-0.2, -0.15) is 11.3 Å². The van der Waals surface area contributed by atoms with Crippen molar-refractivity contribution in [1.29, 1.82) is 0 Å². The molecule has 0 saturated heterocycles. The second kappa shape index (κ2) is 6.56. The molecule has 6 heteroatoms. The van der Waals surface area contributed by atoms with E-state index in [0.29, 0.717) is 25.3 Å². The topological polar surface area (TPSA) is 78.4 Å². The molecule has 1 fully saturated rings. The minimum Gasteiger partial charge on any atom is -0.481 e. The fourth-order valence-corrected chi connectivity index (χ4v) is 2.95. The Hall–Kier alpha value is -1.56. The Kier molecular flexibility index (Phi) is 4.79. The molecule has 2 rings (SSSR count). The summed E-state index contributed by atoms with van der Waals surface area (Å²) in [4.78, 5) is 22.4. The van der Waals surface area contributed by atoms with Crippen LogP contribution < -0.4 is 10.6 Å². The predicted octanol–water partition coefficient (Wildman–Crippen LogP) is 2.76. The van der Waals surface area contributed by atoms with E-state index in [1.54, 1.807) is 0 Å². The van der Waals surface area contributed by atoms with Crippen LogP contribution in [0.1, 0.15) is 25.7 Å². The molecule has 1 aliphatic carbocycles. The van der Waals surface area contributed by atoms with Crippen LogP contribution in [0.2, 0.25) is 0 Å². The number of anilines is 1. The lowest BCUT2D eigenvalue weighted by Crippen LogP contribution is -2.35. The standard InChI is InChI=1S/C13H18N2O3S/c16-12(17)10-3-1-9(2-4-10)7-14-13(18)15-11-5-6-19-8-11/h5-6,8-10H,1-4,7H2,(H,16,17)(H2,14,15,18). The number of urea groups is 1. The molecule has 5 nitrogen and oxygen atoms in total. The van der Waals surface area contributed by atoms with Gasteiger partial charge in [-0.25, -0.2) is 4.79 Å². The number of carboxylic acids is 1. The van der Waals surface area contributed by atoms with Gasteiger partial charge in [-0.15, -0.1) is 0 Å². The van der Waals surface area contributed by atoms with Crippen molar-refractivity contribution < 1.29 is 14.7 Å². The number of thiophene rings is 1. The van der Waals surface area contributed by atoms with E-state index >= 15 is 0 Å². The maximum Gasteiger partial charge on any atom is 0.319 e. The van der Waals surface area contributed by atoms with E-state index in [2.05, 4.69) is 10.6 Å². The van der Waals surface area contributed by atoms with E-state index in [9.17, 15) is 9.59 Å². The predicted molar refractivity (Wildman–Crippen MR) is 74.4 cm³/mol. The average molecular weight is 282 g/mol. The summed E-state index contributed by atoms with van der Waals surface area (Å²) in [6.45, 7) is 0.613. The number of carbonyl (C=O) groups is 2. The second-order valence-corrected chi connectivity index (χ2v) is 5.68. The summed E-state index contributed by atoms with van der Waals surface area (Å²) < 4.78 is 0. The molecule has 0 unspecified atom stereocenters. The molecular formula is C13H18N2O3S. The molecule has 0 aliphatic heterocycles. The van der Waals surface area contributed by atoms with Crippen LogP contribution in [-0.4, -0.2) is 23.7 Å². The lowest BCUT2D eigenvalue weighted by atomic mass is 9.82. The van der Waals surface area contributed by atoms with Gasteiger partial charge in [0, 0.05) is 11.9 Å². The van der Waals surface area contributed by atoms with Crippen molar-refractivity contribution in [2.24, 2.45) is 11.8 Å². The summed E-state index contributed by atoms with van der Waals surface area (Å²) in [5.74, 6) is -0.499. The van der Waals surface area contributed by atoms with E-state index < -0.39 is 5.97 Å². The molecular weight excluding hydrogens is 264 g/mol. The van der Waals surface area contributed by atoms with Crippen molar-refractivity contribution in [3.05, 3.63) is 16.8 Å². The molecule has 0 spiro atoms. The normalized spacial score (nSPS) is 22.7. The van der Waals surface area contributed by atoms with Crippen LogP contribution in [0, 0.1) is 11.8 Å². The monoisotopic (exact) mass is 282 g/mol. The Morgan fingerprint density at radius 3 is 2.63 bits per heavy atom. The molecule has 104 valence electrons. The third kappa shape index (κ3) is 4.24. The van der Waals surface area contributed by atoms with Gasteiger partial charge in [0.25, 0.3) is 0 Å². The Labute approximate surface area is 116 Å². The first-order chi connectivity index (χ1) is 9.15. The van der Waals surface area contributed by atoms with Crippen molar-refractivity contribution in [1.82, 2.24) is 5.32 Å². The lowest BCUT2D eigenvalue weighted by molar-refractivity contribution is -0.143. The quantitative estimate of drug-likeness (QED) is 0.794. The highest BCUT2D eigenvalue weighted by atomic mass is 32.1. The summed E-state index contributed by atoms with van der Waals surface area (Å²) in [6, 6.07) is 1.65. The van der Waals surface area contributed by atoms with E-state index in [-0.39, 0.29) is 11.9 Å². The summed E-state index contributed by atoms with van der Waals surface area (Å²) in [6.07, 6.45) is 3.17. The molecule has 2 amide bonds. The van der Waals surface area contributed by atoms with Crippen LogP contribution in [0.4, 0.5) is 10.5 Å². The molecule has 3 N–H and O–H groups in total. The van der Waals surface area contributed by atoms with Gasteiger partial charge in [-0.1, -0.05) is 0 Å². The van der Waals surface area contributed by atoms with Gasteiger partial charge in [0.1, 0.15) is 0 Å². The van der Waals surface area contributed by atoms with Crippen LogP contribution in [0.15, 0.2) is 16.8 Å². The average Bonchev–Trinajstić information content (AvgIpc) is 2.89. The lowest BCUT2D eigenvalue weighted by Gasteiger charge is -2.26. The summed E-state index contributed by atoms with van der Waals surface area (Å²) in [5, 5.41) is 18.3. The SMILES string of the molecule is O=C(NCC1CCC(C(=O)O)CC1)Nc1ccsc1. The van der Waals surface area contributed by atoms with Crippen LogP contribution >= 0.6 is 11.3 Å². The zero-order valence-corrected chi connectivity index (χ0v) is 11.4. The Balaban J connectivity index is 1.66. The highest BCUT2D eigenvalue weighted by molar-refractivity contribution is 7.08. The fourth-order valence-electron chi connectivity index (χ4n) is 2.36. The van der Waals surface area contributed by atoms with E-state index in [1.165, 1.54) is 11.3 Å². The zero-order chi connectivity index (χ0) is 13.7. The summed E-state index contributed by atoms with van der Waals surface area (Å²) in [7, 11) is 0. The van der Waals surface area contributed by atoms with Crippen LogP contribution in [0.25, 0.3) is 0 Å². The minimum atomic E-state index is -0.693. The first kappa shape index (κ1) is 13.9. The molecule has 1 saturated carbocycles. The van der Waals surface area contributed by atoms with Crippen molar-refractivity contribution in [3.63, 3.8) is 0 Å². The van der Waals surface area contributed by atoms with Crippen LogP contribution in [0.3, 0.4) is 0 Å². The summed E-state index contributed by atoms with van der Waals surface area (Å²) >= 11 is 1.53. The number of carboxylic acid groups (broad SMARTS) is 1. The van der Waals surface area contributed by atoms with Gasteiger partial charge >= 0.3 is 12.0 Å². The molecule has 0 bridgehead atoms. The molecule has 1 heterocycles. The van der Waals surface area contributed by atoms with Crippen molar-refractivity contribution >= 4 is 29.0 Å². The largest absolute Gasteiger partial charge is 0.481 e. The van der Waals surface area contributed by atoms with Crippen molar-refractivity contribution in [3.8, 4) is 0 Å².